The van der Waals surface area contributed by atoms with Crippen LogP contribution in [0.5, 0.6) is 0 Å². The van der Waals surface area contributed by atoms with Gasteiger partial charge in [-0.15, -0.1) is 0 Å². The van der Waals surface area contributed by atoms with Crippen LogP contribution in [0.2, 0.25) is 0 Å². The number of carbonyl (C=O) groups excluding carboxylic acids is 1. The fourth-order valence-electron chi connectivity index (χ4n) is 4.29. The molecule has 0 aromatic heterocycles. The van der Waals surface area contributed by atoms with E-state index in [2.05, 4.69) is 13.0 Å². The lowest BCUT2D eigenvalue weighted by Gasteiger charge is -2.29. The topological polar surface area (TPSA) is 120 Å². The van der Waals surface area contributed by atoms with Gasteiger partial charge in [0.1, 0.15) is 12.2 Å². The number of cyclic esters (lactones) is 1. The minimum absolute atomic E-state index is 0.121. The predicted molar refractivity (Wildman–Crippen MR) is 131 cm³/mol. The number of hydrogen-bond acceptors (Lipinski definition) is 7. The van der Waals surface area contributed by atoms with Crippen molar-refractivity contribution in [2.75, 3.05) is 0 Å². The Labute approximate surface area is 204 Å². The molecular formula is C27H44O7. The lowest BCUT2D eigenvalue weighted by atomic mass is 9.89. The number of esters is 1. The van der Waals surface area contributed by atoms with Crippen molar-refractivity contribution in [2.24, 2.45) is 17.8 Å². The molecule has 194 valence electrons. The van der Waals surface area contributed by atoms with E-state index in [9.17, 15) is 25.2 Å². The van der Waals surface area contributed by atoms with Crippen LogP contribution >= 0.6 is 0 Å². The lowest BCUT2D eigenvalue weighted by Crippen LogP contribution is -2.39. The van der Waals surface area contributed by atoms with Crippen LogP contribution < -0.4 is 0 Å². The first-order valence-electron chi connectivity index (χ1n) is 12.6. The number of carbonyl (C=O) groups is 1. The van der Waals surface area contributed by atoms with Gasteiger partial charge < -0.3 is 29.9 Å². The Bertz CT molecular complexity index is 728. The lowest BCUT2D eigenvalue weighted by molar-refractivity contribution is -0.151. The Morgan fingerprint density at radius 1 is 1.24 bits per heavy atom. The number of aliphatic hydroxyl groups is 4. The summed E-state index contributed by atoms with van der Waals surface area (Å²) in [7, 11) is 0. The SMILES string of the molecule is CCC(O)C(C)C1OC1CC(C)/C=C/C=C/C1OC(=O)CC(O)CCC(C)(O)C(O)/C=C\C1C. The van der Waals surface area contributed by atoms with E-state index < -0.39 is 29.9 Å². The van der Waals surface area contributed by atoms with Gasteiger partial charge in [0.2, 0.25) is 0 Å². The van der Waals surface area contributed by atoms with E-state index in [-0.39, 0.29) is 55.3 Å². The van der Waals surface area contributed by atoms with E-state index in [1.165, 1.54) is 13.0 Å². The van der Waals surface area contributed by atoms with Crippen LogP contribution in [-0.4, -0.2) is 68.6 Å². The van der Waals surface area contributed by atoms with Gasteiger partial charge >= 0.3 is 5.97 Å². The molecule has 0 aliphatic carbocycles. The van der Waals surface area contributed by atoms with Crippen molar-refractivity contribution in [1.82, 2.24) is 0 Å². The zero-order valence-corrected chi connectivity index (χ0v) is 21.2. The summed E-state index contributed by atoms with van der Waals surface area (Å²) in [6.07, 6.45) is 10.0. The third-order valence-electron chi connectivity index (χ3n) is 7.03. The average Bonchev–Trinajstić information content (AvgIpc) is 3.54. The summed E-state index contributed by atoms with van der Waals surface area (Å²) in [6, 6.07) is 0. The van der Waals surface area contributed by atoms with E-state index in [0.29, 0.717) is 0 Å². The fraction of sp³-hybridized carbons (Fsp3) is 0.741. The van der Waals surface area contributed by atoms with E-state index in [1.54, 1.807) is 12.2 Å². The third kappa shape index (κ3) is 8.93. The van der Waals surface area contributed by atoms with Gasteiger partial charge in [-0.1, -0.05) is 58.1 Å². The molecule has 2 heterocycles. The quantitative estimate of drug-likeness (QED) is 0.182. The molecule has 0 spiro atoms. The minimum atomic E-state index is -1.39. The predicted octanol–water partition coefficient (Wildman–Crippen LogP) is 3.06. The highest BCUT2D eigenvalue weighted by molar-refractivity contribution is 5.70. The molecule has 34 heavy (non-hydrogen) atoms. The van der Waals surface area contributed by atoms with Crippen LogP contribution in [-0.2, 0) is 14.3 Å². The van der Waals surface area contributed by atoms with Gasteiger partial charge in [0, 0.05) is 11.8 Å². The van der Waals surface area contributed by atoms with Crippen LogP contribution in [0.1, 0.15) is 66.7 Å². The molecule has 0 amide bonds. The number of allylic oxidation sites excluding steroid dienone is 3. The summed E-state index contributed by atoms with van der Waals surface area (Å²) in [4.78, 5) is 12.3. The van der Waals surface area contributed by atoms with Crippen molar-refractivity contribution >= 4 is 5.97 Å². The number of aliphatic hydroxyl groups excluding tert-OH is 3. The number of epoxide rings is 1. The van der Waals surface area contributed by atoms with Gasteiger partial charge in [-0.3, -0.25) is 4.79 Å². The second-order valence-electron chi connectivity index (χ2n) is 10.4. The molecule has 7 heteroatoms. The van der Waals surface area contributed by atoms with Gasteiger partial charge in [0.05, 0.1) is 36.4 Å². The van der Waals surface area contributed by atoms with Crippen molar-refractivity contribution in [2.45, 2.75) is 109 Å². The second kappa shape index (κ2) is 13.0. The summed E-state index contributed by atoms with van der Waals surface area (Å²) in [6.45, 7) is 9.50. The zero-order chi connectivity index (χ0) is 25.5. The molecule has 2 aliphatic rings. The summed E-state index contributed by atoms with van der Waals surface area (Å²) in [5.41, 5.74) is -1.39. The fourth-order valence-corrected chi connectivity index (χ4v) is 4.29. The average molecular weight is 481 g/mol. The Balaban J connectivity index is 1.96. The molecule has 10 atom stereocenters. The maximum Gasteiger partial charge on any atom is 0.309 e. The molecule has 0 bridgehead atoms. The monoisotopic (exact) mass is 480 g/mol. The van der Waals surface area contributed by atoms with Gasteiger partial charge in [-0.25, -0.2) is 0 Å². The van der Waals surface area contributed by atoms with Crippen molar-refractivity contribution in [3.8, 4) is 0 Å². The summed E-state index contributed by atoms with van der Waals surface area (Å²) in [5.74, 6) is -0.313. The molecule has 2 aliphatic heterocycles. The molecule has 0 saturated carbocycles. The number of hydrogen-bond donors (Lipinski definition) is 4. The highest BCUT2D eigenvalue weighted by Crippen LogP contribution is 2.36. The Kier molecular flexibility index (Phi) is 11.0. The Hall–Kier alpha value is -1.51. The molecular weight excluding hydrogens is 436 g/mol. The highest BCUT2D eigenvalue weighted by Gasteiger charge is 2.44. The van der Waals surface area contributed by atoms with E-state index in [4.69, 9.17) is 9.47 Å². The second-order valence-corrected chi connectivity index (χ2v) is 10.4. The van der Waals surface area contributed by atoms with Crippen LogP contribution in [0, 0.1) is 17.8 Å². The molecule has 1 fully saturated rings. The van der Waals surface area contributed by atoms with Crippen molar-refractivity contribution < 1.29 is 34.7 Å². The zero-order valence-electron chi connectivity index (χ0n) is 21.2. The maximum atomic E-state index is 12.3. The molecule has 7 nitrogen and oxygen atoms in total. The molecule has 4 N–H and O–H groups in total. The number of rotatable bonds is 8. The van der Waals surface area contributed by atoms with Crippen LogP contribution in [0.4, 0.5) is 0 Å². The molecule has 10 unspecified atom stereocenters. The standard InChI is InChI=1S/C27H44O7/c1-6-21(29)19(4)26-23(34-26)15-17(2)9-7-8-10-22-18(3)11-12-24(30)27(5,32)14-13-20(28)16-25(31)33-22/h7-12,17-24,26,28-30,32H,6,13-16H2,1-5H3/b9-7+,10-8+,12-11-. The van der Waals surface area contributed by atoms with Crippen molar-refractivity contribution in [3.63, 3.8) is 0 Å². The van der Waals surface area contributed by atoms with Crippen LogP contribution in [0.25, 0.3) is 0 Å². The number of ether oxygens (including phenoxy) is 2. The van der Waals surface area contributed by atoms with E-state index in [0.717, 1.165) is 12.8 Å². The summed E-state index contributed by atoms with van der Waals surface area (Å²) in [5, 5.41) is 40.9. The van der Waals surface area contributed by atoms with Gasteiger partial charge in [0.25, 0.3) is 0 Å². The highest BCUT2D eigenvalue weighted by atomic mass is 16.6. The largest absolute Gasteiger partial charge is 0.457 e. The Morgan fingerprint density at radius 2 is 1.94 bits per heavy atom. The first kappa shape index (κ1) is 28.7. The van der Waals surface area contributed by atoms with E-state index >= 15 is 0 Å². The van der Waals surface area contributed by atoms with Crippen LogP contribution in [0.15, 0.2) is 36.5 Å². The summed E-state index contributed by atoms with van der Waals surface area (Å²) >= 11 is 0. The molecule has 0 aromatic rings. The molecule has 0 aromatic carbocycles. The first-order valence-corrected chi connectivity index (χ1v) is 12.6. The maximum absolute atomic E-state index is 12.3. The Morgan fingerprint density at radius 3 is 2.62 bits per heavy atom. The molecule has 0 radical (unpaired) electrons. The summed E-state index contributed by atoms with van der Waals surface area (Å²) < 4.78 is 11.4. The smallest absolute Gasteiger partial charge is 0.309 e. The van der Waals surface area contributed by atoms with Gasteiger partial charge in [-0.05, 0) is 44.6 Å². The van der Waals surface area contributed by atoms with E-state index in [1.807, 2.05) is 32.9 Å². The normalized spacial score (nSPS) is 39.1. The third-order valence-corrected chi connectivity index (χ3v) is 7.03. The van der Waals surface area contributed by atoms with Gasteiger partial charge in [0.15, 0.2) is 0 Å². The molecule has 2 rings (SSSR count). The molecule has 1 saturated heterocycles. The van der Waals surface area contributed by atoms with Crippen molar-refractivity contribution in [3.05, 3.63) is 36.5 Å². The minimum Gasteiger partial charge on any atom is -0.457 e. The van der Waals surface area contributed by atoms with Gasteiger partial charge in [-0.2, -0.15) is 0 Å². The first-order chi connectivity index (χ1) is 15.9. The van der Waals surface area contributed by atoms with Crippen LogP contribution in [0.3, 0.4) is 0 Å². The van der Waals surface area contributed by atoms with Crippen molar-refractivity contribution in [1.29, 1.82) is 0 Å².